The van der Waals surface area contributed by atoms with Crippen molar-refractivity contribution in [2.45, 2.75) is 39.3 Å². The van der Waals surface area contributed by atoms with E-state index in [1.54, 1.807) is 18.2 Å². The summed E-state index contributed by atoms with van der Waals surface area (Å²) in [5.74, 6) is -2.70. The van der Waals surface area contributed by atoms with E-state index in [4.69, 9.17) is 11.6 Å². The van der Waals surface area contributed by atoms with E-state index in [-0.39, 0.29) is 28.0 Å². The number of amides is 3. The van der Waals surface area contributed by atoms with Gasteiger partial charge in [-0.2, -0.15) is 0 Å². The minimum Gasteiger partial charge on any atom is -0.358 e. The van der Waals surface area contributed by atoms with E-state index in [0.717, 1.165) is 62.4 Å². The van der Waals surface area contributed by atoms with Gasteiger partial charge >= 0.3 is 0 Å². The fourth-order valence-corrected chi connectivity index (χ4v) is 6.84. The number of carbonyl (C=O) groups is 3. The van der Waals surface area contributed by atoms with Crippen molar-refractivity contribution in [1.29, 1.82) is 0 Å². The van der Waals surface area contributed by atoms with Gasteiger partial charge in [0.15, 0.2) is 0 Å². The van der Waals surface area contributed by atoms with Crippen LogP contribution in [0.25, 0.3) is 11.6 Å². The number of nitrogens with one attached hydrogen (secondary N) is 3. The summed E-state index contributed by atoms with van der Waals surface area (Å²) in [5.41, 5.74) is 3.92. The van der Waals surface area contributed by atoms with Crippen LogP contribution in [-0.4, -0.2) is 89.8 Å². The maximum absolute atomic E-state index is 14.3. The molecule has 0 saturated carbocycles. The predicted octanol–water partition coefficient (Wildman–Crippen LogP) is 4.84. The highest BCUT2D eigenvalue weighted by molar-refractivity contribution is 6.35. The molecule has 0 radical (unpaired) electrons. The van der Waals surface area contributed by atoms with Crippen LogP contribution in [0.5, 0.6) is 0 Å². The van der Waals surface area contributed by atoms with Crippen LogP contribution in [-0.2, 0) is 11.3 Å². The first-order chi connectivity index (χ1) is 22.0. The number of halogens is 3. The SMILES string of the molecule is Cc1[nH]c(/C=C2\C(=O)Nc3ccc(C(=O)NCc4c(F)ccc(Cl)c4F)cc32)c(C)c1C(=O)N1CCN(C2CCN(C)CC2)CC1. The normalized spacial score (nSPS) is 18.6. The molecule has 3 N–H and O–H groups in total. The number of aryl methyl sites for hydroxylation is 1. The minimum atomic E-state index is -0.930. The van der Waals surface area contributed by atoms with Gasteiger partial charge in [0, 0.05) is 72.5 Å². The number of hydrogen-bond acceptors (Lipinski definition) is 5. The average Bonchev–Trinajstić information content (AvgIpc) is 3.51. The molecule has 242 valence electrons. The molecule has 3 aliphatic heterocycles. The van der Waals surface area contributed by atoms with Gasteiger partial charge in [-0.3, -0.25) is 19.3 Å². The van der Waals surface area contributed by atoms with E-state index >= 15 is 0 Å². The summed E-state index contributed by atoms with van der Waals surface area (Å²) in [4.78, 5) is 49.8. The number of fused-ring (bicyclic) bond motifs is 1. The van der Waals surface area contributed by atoms with Crippen molar-refractivity contribution in [3.63, 3.8) is 0 Å². The van der Waals surface area contributed by atoms with Gasteiger partial charge in [0.1, 0.15) is 11.6 Å². The molecule has 4 heterocycles. The molecule has 3 aliphatic rings. The van der Waals surface area contributed by atoms with Gasteiger partial charge in [0.05, 0.1) is 16.2 Å². The zero-order valence-electron chi connectivity index (χ0n) is 26.1. The first kappa shape index (κ1) is 31.9. The second-order valence-corrected chi connectivity index (χ2v) is 12.7. The molecule has 12 heteroatoms. The Morgan fingerprint density at radius 3 is 2.48 bits per heavy atom. The van der Waals surface area contributed by atoms with E-state index in [0.29, 0.717) is 47.2 Å². The topological polar surface area (TPSA) is 101 Å². The number of benzene rings is 2. The number of hydrogen-bond donors (Lipinski definition) is 3. The second kappa shape index (κ2) is 13.0. The van der Waals surface area contributed by atoms with Gasteiger partial charge in [-0.1, -0.05) is 11.6 Å². The van der Waals surface area contributed by atoms with Crippen LogP contribution >= 0.6 is 11.6 Å². The molecule has 2 fully saturated rings. The zero-order valence-corrected chi connectivity index (χ0v) is 26.9. The van der Waals surface area contributed by atoms with Crippen molar-refractivity contribution in [3.05, 3.63) is 86.2 Å². The summed E-state index contributed by atoms with van der Waals surface area (Å²) in [5, 5.41) is 5.09. The van der Waals surface area contributed by atoms with Gasteiger partial charge in [-0.25, -0.2) is 8.78 Å². The van der Waals surface area contributed by atoms with Crippen LogP contribution < -0.4 is 10.6 Å². The van der Waals surface area contributed by atoms with E-state index in [9.17, 15) is 23.2 Å². The standard InChI is InChI=1S/C34H37ClF2N6O3/c1-19-29(39-20(2)30(19)34(46)43-14-12-42(13-15-43)22-8-10-41(3)11-9-22)17-24-23-16-21(4-7-28(23)40-33(24)45)32(44)38-18-25-27(36)6-5-26(35)31(25)37/h4-7,16-17,22,39H,8-15,18H2,1-3H3,(H,38,44)(H,40,45)/b24-17-. The fraction of sp³-hybridized carbons (Fsp3) is 0.382. The Kier molecular flexibility index (Phi) is 9.00. The van der Waals surface area contributed by atoms with Crippen LogP contribution in [0.3, 0.4) is 0 Å². The largest absolute Gasteiger partial charge is 0.358 e. The number of rotatable bonds is 6. The van der Waals surface area contributed by atoms with Crippen molar-refractivity contribution in [2.24, 2.45) is 0 Å². The zero-order chi connectivity index (χ0) is 32.7. The lowest BCUT2D eigenvalue weighted by Gasteiger charge is -2.42. The number of aromatic amines is 1. The molecule has 9 nitrogen and oxygen atoms in total. The summed E-state index contributed by atoms with van der Waals surface area (Å²) in [7, 11) is 2.16. The number of carbonyl (C=O) groups excluding carboxylic acids is 3. The van der Waals surface area contributed by atoms with Gasteiger partial charge in [0.2, 0.25) is 0 Å². The molecule has 46 heavy (non-hydrogen) atoms. The van der Waals surface area contributed by atoms with Crippen molar-refractivity contribution in [1.82, 2.24) is 25.0 Å². The van der Waals surface area contributed by atoms with Crippen LogP contribution in [0, 0.1) is 25.5 Å². The van der Waals surface area contributed by atoms with E-state index in [1.165, 1.54) is 6.07 Å². The molecule has 2 aromatic carbocycles. The highest BCUT2D eigenvalue weighted by atomic mass is 35.5. The van der Waals surface area contributed by atoms with Gasteiger partial charge in [0.25, 0.3) is 17.7 Å². The van der Waals surface area contributed by atoms with Crippen LogP contribution in [0.2, 0.25) is 5.02 Å². The number of piperazine rings is 1. The monoisotopic (exact) mass is 650 g/mol. The maximum Gasteiger partial charge on any atom is 0.256 e. The molecule has 0 spiro atoms. The molecule has 0 bridgehead atoms. The second-order valence-electron chi connectivity index (χ2n) is 12.3. The number of anilines is 1. The summed E-state index contributed by atoms with van der Waals surface area (Å²) in [6.07, 6.45) is 4.01. The summed E-state index contributed by atoms with van der Waals surface area (Å²) in [6.45, 7) is 8.58. The molecule has 1 aromatic heterocycles. The Bertz CT molecular complexity index is 1740. The number of likely N-dealkylation sites (tertiary alicyclic amines) is 1. The number of aromatic nitrogens is 1. The molecule has 0 aliphatic carbocycles. The van der Waals surface area contributed by atoms with E-state index < -0.39 is 24.1 Å². The fourth-order valence-electron chi connectivity index (χ4n) is 6.67. The summed E-state index contributed by atoms with van der Waals surface area (Å²) < 4.78 is 28.5. The number of nitrogens with zero attached hydrogens (tertiary/aromatic N) is 3. The Balaban J connectivity index is 1.17. The average molecular weight is 651 g/mol. The third kappa shape index (κ3) is 6.19. The Labute approximate surface area is 271 Å². The lowest BCUT2D eigenvalue weighted by atomic mass is 10.0. The van der Waals surface area contributed by atoms with Gasteiger partial charge in [-0.05, 0) is 88.8 Å². The minimum absolute atomic E-state index is 0.0262. The van der Waals surface area contributed by atoms with Crippen molar-refractivity contribution >= 4 is 46.7 Å². The first-order valence-corrected chi connectivity index (χ1v) is 15.9. The number of piperidine rings is 1. The third-order valence-corrected chi connectivity index (χ3v) is 9.71. The highest BCUT2D eigenvalue weighted by Crippen LogP contribution is 2.35. The Morgan fingerprint density at radius 1 is 1.04 bits per heavy atom. The van der Waals surface area contributed by atoms with E-state index in [2.05, 4.69) is 32.5 Å². The molecular formula is C34H37ClF2N6O3. The van der Waals surface area contributed by atoms with Gasteiger partial charge in [-0.15, -0.1) is 0 Å². The van der Waals surface area contributed by atoms with Crippen molar-refractivity contribution < 1.29 is 23.2 Å². The molecule has 3 aromatic rings. The molecule has 0 atom stereocenters. The Hall–Kier alpha value is -4.06. The van der Waals surface area contributed by atoms with Crippen LogP contribution in [0.1, 0.15) is 61.6 Å². The Morgan fingerprint density at radius 2 is 1.76 bits per heavy atom. The lowest BCUT2D eigenvalue weighted by molar-refractivity contribution is -0.110. The molecule has 6 rings (SSSR count). The maximum atomic E-state index is 14.3. The first-order valence-electron chi connectivity index (χ1n) is 15.5. The van der Waals surface area contributed by atoms with E-state index in [1.807, 2.05) is 18.7 Å². The molecule has 3 amide bonds. The predicted molar refractivity (Wildman–Crippen MR) is 174 cm³/mol. The lowest BCUT2D eigenvalue weighted by Crippen LogP contribution is -2.54. The van der Waals surface area contributed by atoms with Crippen molar-refractivity contribution in [2.75, 3.05) is 51.6 Å². The quantitative estimate of drug-likeness (QED) is 0.262. The number of H-pyrrole nitrogens is 1. The summed E-state index contributed by atoms with van der Waals surface area (Å²) >= 11 is 5.77. The molecule has 0 unspecified atom stereocenters. The van der Waals surface area contributed by atoms with Crippen LogP contribution in [0.15, 0.2) is 30.3 Å². The summed E-state index contributed by atoms with van der Waals surface area (Å²) in [6, 6.07) is 7.41. The molecule has 2 saturated heterocycles. The highest BCUT2D eigenvalue weighted by Gasteiger charge is 2.31. The third-order valence-electron chi connectivity index (χ3n) is 9.41. The van der Waals surface area contributed by atoms with Gasteiger partial charge < -0.3 is 25.4 Å². The molecular weight excluding hydrogens is 614 g/mol. The van der Waals surface area contributed by atoms with Crippen LogP contribution in [0.4, 0.5) is 14.5 Å². The smallest absolute Gasteiger partial charge is 0.256 e. The van der Waals surface area contributed by atoms with Crippen molar-refractivity contribution in [3.8, 4) is 0 Å².